The summed E-state index contributed by atoms with van der Waals surface area (Å²) in [5.41, 5.74) is 2.85. The smallest absolute Gasteiger partial charge is 0.267 e. The first-order valence-corrected chi connectivity index (χ1v) is 16.3. The standard InChI is InChI=1S/C31H31N3O10S2/c1-41-27-13-11-24(17-29(27)43-3)45(37,38)33-22-9-5-7-20(15-22)26(19-31(35)32-36)21-8-6-10-23(16-21)34-46(39,40)25-12-14-28(42-2)30(18-25)44-4/h5-19,33-34,36H,1-4H3,(H,32,35). The predicted molar refractivity (Wildman–Crippen MR) is 171 cm³/mol. The van der Waals surface area contributed by atoms with Crippen LogP contribution in [0.4, 0.5) is 11.4 Å². The lowest BCUT2D eigenvalue weighted by molar-refractivity contribution is -0.124. The Labute approximate surface area is 266 Å². The van der Waals surface area contributed by atoms with Crippen molar-refractivity contribution in [1.29, 1.82) is 0 Å². The van der Waals surface area contributed by atoms with Gasteiger partial charge in [-0.1, -0.05) is 24.3 Å². The first kappa shape index (κ1) is 33.6. The van der Waals surface area contributed by atoms with Gasteiger partial charge in [0.05, 0.1) is 38.2 Å². The molecule has 0 radical (unpaired) electrons. The zero-order valence-corrected chi connectivity index (χ0v) is 26.7. The van der Waals surface area contributed by atoms with E-state index in [0.29, 0.717) is 22.6 Å². The third-order valence-electron chi connectivity index (χ3n) is 6.57. The predicted octanol–water partition coefficient (Wildman–Crippen LogP) is 4.26. The topological polar surface area (TPSA) is 179 Å². The summed E-state index contributed by atoms with van der Waals surface area (Å²) < 4.78 is 78.7. The number of benzene rings is 4. The molecular formula is C31H31N3O10S2. The van der Waals surface area contributed by atoms with E-state index in [1.54, 1.807) is 29.7 Å². The third kappa shape index (κ3) is 7.69. The van der Waals surface area contributed by atoms with Crippen LogP contribution in [0.1, 0.15) is 11.1 Å². The fourth-order valence-electron chi connectivity index (χ4n) is 4.39. The molecule has 1 amide bonds. The Kier molecular flexibility index (Phi) is 10.4. The van der Waals surface area contributed by atoms with Crippen LogP contribution in [0, 0.1) is 0 Å². The number of carbonyl (C=O) groups excluding carboxylic acids is 1. The molecule has 242 valence electrons. The molecule has 0 saturated heterocycles. The van der Waals surface area contributed by atoms with E-state index >= 15 is 0 Å². The number of carbonyl (C=O) groups is 1. The van der Waals surface area contributed by atoms with Crippen LogP contribution in [0.3, 0.4) is 0 Å². The Balaban J connectivity index is 1.68. The van der Waals surface area contributed by atoms with Crippen LogP contribution in [0.2, 0.25) is 0 Å². The molecule has 0 aliphatic rings. The molecule has 4 aromatic carbocycles. The van der Waals surface area contributed by atoms with E-state index in [2.05, 4.69) is 9.44 Å². The van der Waals surface area contributed by atoms with Crippen LogP contribution in [0.25, 0.3) is 5.57 Å². The van der Waals surface area contributed by atoms with Crippen LogP contribution >= 0.6 is 0 Å². The van der Waals surface area contributed by atoms with Crippen LogP contribution < -0.4 is 33.9 Å². The van der Waals surface area contributed by atoms with Crippen LogP contribution in [0.15, 0.2) is 101 Å². The van der Waals surface area contributed by atoms with Crippen molar-refractivity contribution >= 4 is 42.9 Å². The monoisotopic (exact) mass is 669 g/mol. The van der Waals surface area contributed by atoms with Crippen molar-refractivity contribution in [3.05, 3.63) is 102 Å². The number of hydrogen-bond donors (Lipinski definition) is 4. The second-order valence-electron chi connectivity index (χ2n) is 9.44. The van der Waals surface area contributed by atoms with E-state index in [1.807, 2.05) is 0 Å². The first-order chi connectivity index (χ1) is 21.9. The Hall–Kier alpha value is -5.25. The van der Waals surface area contributed by atoms with Gasteiger partial charge >= 0.3 is 0 Å². The average Bonchev–Trinajstić information content (AvgIpc) is 3.06. The lowest BCUT2D eigenvalue weighted by Gasteiger charge is -2.15. The Bertz CT molecular complexity index is 1860. The molecule has 15 heteroatoms. The first-order valence-electron chi connectivity index (χ1n) is 13.3. The van der Waals surface area contributed by atoms with E-state index in [9.17, 15) is 26.8 Å². The van der Waals surface area contributed by atoms with Crippen LogP contribution in [0.5, 0.6) is 23.0 Å². The maximum Gasteiger partial charge on any atom is 0.267 e. The van der Waals surface area contributed by atoms with E-state index in [-0.39, 0.29) is 38.2 Å². The fraction of sp³-hybridized carbons (Fsp3) is 0.129. The molecular weight excluding hydrogens is 638 g/mol. The summed E-state index contributed by atoms with van der Waals surface area (Å²) in [6, 6.07) is 20.6. The Morgan fingerprint density at radius 3 is 1.39 bits per heavy atom. The maximum absolute atomic E-state index is 13.2. The highest BCUT2D eigenvalue weighted by molar-refractivity contribution is 7.93. The number of sulfonamides is 2. The Morgan fingerprint density at radius 1 is 0.609 bits per heavy atom. The molecule has 0 unspecified atom stereocenters. The van der Waals surface area contributed by atoms with Crippen molar-refractivity contribution in [3.8, 4) is 23.0 Å². The lowest BCUT2D eigenvalue weighted by atomic mass is 9.96. The maximum atomic E-state index is 13.2. The molecule has 0 aromatic heterocycles. The van der Waals surface area contributed by atoms with Crippen molar-refractivity contribution in [2.75, 3.05) is 37.9 Å². The van der Waals surface area contributed by atoms with Gasteiger partial charge in [-0.25, -0.2) is 22.3 Å². The summed E-state index contributed by atoms with van der Waals surface area (Å²) in [6.07, 6.45) is 1.09. The average molecular weight is 670 g/mol. The molecule has 0 bridgehead atoms. The van der Waals surface area contributed by atoms with Gasteiger partial charge in [0.1, 0.15) is 0 Å². The summed E-state index contributed by atoms with van der Waals surface area (Å²) in [4.78, 5) is 12.1. The van der Waals surface area contributed by atoms with Crippen molar-refractivity contribution in [2.24, 2.45) is 0 Å². The molecule has 0 saturated carbocycles. The van der Waals surface area contributed by atoms with Gasteiger partial charge in [-0.15, -0.1) is 0 Å². The largest absolute Gasteiger partial charge is 0.493 e. The summed E-state index contributed by atoms with van der Waals surface area (Å²) >= 11 is 0. The molecule has 4 N–H and O–H groups in total. The number of nitrogens with one attached hydrogen (secondary N) is 3. The summed E-state index contributed by atoms with van der Waals surface area (Å²) in [7, 11) is -2.54. The number of hydroxylamine groups is 1. The molecule has 46 heavy (non-hydrogen) atoms. The zero-order chi connectivity index (χ0) is 33.5. The van der Waals surface area contributed by atoms with Gasteiger partial charge in [0, 0.05) is 29.6 Å². The number of amides is 1. The normalized spacial score (nSPS) is 11.2. The number of methoxy groups -OCH3 is 4. The van der Waals surface area contributed by atoms with Gasteiger partial charge in [-0.2, -0.15) is 0 Å². The van der Waals surface area contributed by atoms with Crippen molar-refractivity contribution in [1.82, 2.24) is 5.48 Å². The van der Waals surface area contributed by atoms with Crippen molar-refractivity contribution in [3.63, 3.8) is 0 Å². The highest BCUT2D eigenvalue weighted by Gasteiger charge is 2.20. The lowest BCUT2D eigenvalue weighted by Crippen LogP contribution is -2.16. The molecule has 13 nitrogen and oxygen atoms in total. The van der Waals surface area contributed by atoms with Crippen molar-refractivity contribution < 1.29 is 45.8 Å². The number of hydrogen-bond acceptors (Lipinski definition) is 10. The van der Waals surface area contributed by atoms with Crippen LogP contribution in [-0.2, 0) is 24.8 Å². The number of anilines is 2. The highest BCUT2D eigenvalue weighted by atomic mass is 32.2. The number of rotatable bonds is 13. The minimum absolute atomic E-state index is 0.0829. The van der Waals surface area contributed by atoms with Gasteiger partial charge in [0.2, 0.25) is 0 Å². The molecule has 0 fully saturated rings. The van der Waals surface area contributed by atoms with E-state index in [4.69, 9.17) is 18.9 Å². The fourth-order valence-corrected chi connectivity index (χ4v) is 6.52. The third-order valence-corrected chi connectivity index (χ3v) is 9.33. The molecule has 0 atom stereocenters. The van der Waals surface area contributed by atoms with E-state index < -0.39 is 26.0 Å². The molecule has 0 aliphatic carbocycles. The minimum Gasteiger partial charge on any atom is -0.493 e. The molecule has 0 spiro atoms. The molecule has 0 heterocycles. The van der Waals surface area contributed by atoms with Crippen LogP contribution in [-0.4, -0.2) is 56.4 Å². The van der Waals surface area contributed by atoms with Gasteiger partial charge < -0.3 is 18.9 Å². The van der Waals surface area contributed by atoms with E-state index in [1.165, 1.54) is 89.1 Å². The van der Waals surface area contributed by atoms with Crippen molar-refractivity contribution in [2.45, 2.75) is 9.79 Å². The zero-order valence-electron chi connectivity index (χ0n) is 25.1. The summed E-state index contributed by atoms with van der Waals surface area (Å²) in [5, 5.41) is 9.24. The SMILES string of the molecule is COc1ccc(S(=O)(=O)Nc2cccc(C(=CC(=O)NO)c3cccc(NS(=O)(=O)c4ccc(OC)c(OC)c4)c3)c2)cc1OC. The summed E-state index contributed by atoms with van der Waals surface area (Å²) in [6.45, 7) is 0. The number of ether oxygens (including phenoxy) is 4. The van der Waals surface area contributed by atoms with Gasteiger partial charge in [0.15, 0.2) is 23.0 Å². The Morgan fingerprint density at radius 2 is 1.02 bits per heavy atom. The van der Waals surface area contributed by atoms with Gasteiger partial charge in [-0.3, -0.25) is 19.4 Å². The highest BCUT2D eigenvalue weighted by Crippen LogP contribution is 2.33. The second kappa shape index (κ2) is 14.2. The summed E-state index contributed by atoms with van der Waals surface area (Å²) in [5.74, 6) is 0.284. The van der Waals surface area contributed by atoms with Gasteiger partial charge in [-0.05, 0) is 65.2 Å². The quantitative estimate of drug-likeness (QED) is 0.0913. The molecule has 4 aromatic rings. The van der Waals surface area contributed by atoms with Gasteiger partial charge in [0.25, 0.3) is 26.0 Å². The minimum atomic E-state index is -4.09. The molecule has 0 aliphatic heterocycles. The molecule has 4 rings (SSSR count). The second-order valence-corrected chi connectivity index (χ2v) is 12.8. The van der Waals surface area contributed by atoms with E-state index in [0.717, 1.165) is 6.08 Å².